The Morgan fingerprint density at radius 3 is 2.39 bits per heavy atom. The van der Waals surface area contributed by atoms with E-state index >= 15 is 0 Å². The summed E-state index contributed by atoms with van der Waals surface area (Å²) in [6.45, 7) is 1.35. The number of hydrogen-bond donors (Lipinski definition) is 7. The minimum Gasteiger partial charge on any atom is -0.508 e. The van der Waals surface area contributed by atoms with Crippen molar-refractivity contribution in [3.63, 3.8) is 0 Å². The second-order valence-electron chi connectivity index (χ2n) is 10.6. The number of ketones is 2. The second kappa shape index (κ2) is 9.47. The Morgan fingerprint density at radius 2 is 1.79 bits per heavy atom. The van der Waals surface area contributed by atoms with Crippen LogP contribution in [0.25, 0.3) is 5.76 Å². The molecule has 4 rings (SSSR count). The van der Waals surface area contributed by atoms with Gasteiger partial charge in [-0.3, -0.25) is 24.2 Å². The Hall–Kier alpha value is -3.29. The molecule has 0 heterocycles. The van der Waals surface area contributed by atoms with E-state index < -0.39 is 75.0 Å². The average Bonchev–Trinajstić information content (AvgIpc) is 2.83. The first-order valence-electron chi connectivity index (χ1n) is 12.2. The summed E-state index contributed by atoms with van der Waals surface area (Å²) in [6, 6.07) is 3.01. The van der Waals surface area contributed by atoms with Gasteiger partial charge in [0.2, 0.25) is 5.78 Å². The maximum Gasteiger partial charge on any atom is 0.259 e. The number of aliphatic hydroxyl groups is 5. The number of hydrogen-bond acceptors (Lipinski definition) is 11. The second-order valence-corrected chi connectivity index (χ2v) is 10.6. The molecule has 1 saturated carbocycles. The smallest absolute Gasteiger partial charge is 0.259 e. The highest BCUT2D eigenvalue weighted by Crippen LogP contribution is 2.57. The number of nitrogens with zero attached hydrogens (tertiary/aromatic N) is 2. The van der Waals surface area contributed by atoms with E-state index in [0.29, 0.717) is 0 Å². The molecule has 12 nitrogen and oxygen atoms in total. The van der Waals surface area contributed by atoms with Crippen LogP contribution in [0.4, 0.5) is 0 Å². The van der Waals surface area contributed by atoms with Crippen molar-refractivity contribution in [2.75, 3.05) is 41.0 Å². The molecule has 5 atom stereocenters. The topological polar surface area (TPSA) is 191 Å². The maximum absolute atomic E-state index is 14.0. The van der Waals surface area contributed by atoms with Crippen molar-refractivity contribution in [1.82, 2.24) is 15.1 Å². The van der Waals surface area contributed by atoms with Crippen molar-refractivity contribution in [3.8, 4) is 5.75 Å². The zero-order valence-corrected chi connectivity index (χ0v) is 21.6. The van der Waals surface area contributed by atoms with E-state index in [1.54, 1.807) is 7.05 Å². The molecule has 12 heteroatoms. The lowest BCUT2D eigenvalue weighted by Gasteiger charge is -2.53. The quantitative estimate of drug-likeness (QED) is 0.179. The van der Waals surface area contributed by atoms with Crippen LogP contribution < -0.4 is 5.32 Å². The van der Waals surface area contributed by atoms with Gasteiger partial charge >= 0.3 is 0 Å². The molecule has 0 spiro atoms. The average molecular weight is 532 g/mol. The van der Waals surface area contributed by atoms with Crippen LogP contribution in [0.15, 0.2) is 35.1 Å². The molecule has 1 aromatic carbocycles. The number of amides is 1. The molecule has 3 aliphatic rings. The molecule has 5 unspecified atom stereocenters. The van der Waals surface area contributed by atoms with E-state index in [9.17, 15) is 39.9 Å². The van der Waals surface area contributed by atoms with Crippen LogP contribution in [0.2, 0.25) is 0 Å². The van der Waals surface area contributed by atoms with Crippen molar-refractivity contribution >= 4 is 23.2 Å². The third-order valence-electron chi connectivity index (χ3n) is 7.99. The predicted octanol–water partition coefficient (Wildman–Crippen LogP) is -0.858. The van der Waals surface area contributed by atoms with E-state index in [1.165, 1.54) is 49.0 Å². The molecule has 0 bridgehead atoms. The Labute approximate surface area is 219 Å². The number of phenols is 1. The summed E-state index contributed by atoms with van der Waals surface area (Å²) in [6.07, 6.45) is -0.212. The van der Waals surface area contributed by atoms with Crippen LogP contribution in [0.3, 0.4) is 0 Å². The van der Waals surface area contributed by atoms with Gasteiger partial charge in [0.15, 0.2) is 11.4 Å². The molecular formula is C26H33N3O9. The first kappa shape index (κ1) is 27.7. The fraction of sp³-hybridized carbons (Fsp3) is 0.500. The van der Waals surface area contributed by atoms with Gasteiger partial charge in [0.1, 0.15) is 22.8 Å². The van der Waals surface area contributed by atoms with Crippen LogP contribution in [-0.2, 0) is 20.0 Å². The molecule has 3 aliphatic carbocycles. The number of aliphatic hydroxyl groups excluding tert-OH is 3. The van der Waals surface area contributed by atoms with Gasteiger partial charge in [-0.15, -0.1) is 0 Å². The van der Waals surface area contributed by atoms with E-state index in [1.807, 2.05) is 0 Å². The van der Waals surface area contributed by atoms with Gasteiger partial charge in [-0.05, 0) is 46.1 Å². The van der Waals surface area contributed by atoms with Gasteiger partial charge in [-0.1, -0.05) is 12.1 Å². The van der Waals surface area contributed by atoms with Gasteiger partial charge in [0, 0.05) is 24.0 Å². The van der Waals surface area contributed by atoms with Gasteiger partial charge < -0.3 is 36.0 Å². The number of carbonyl (C=O) groups excluding carboxylic acids is 3. The SMILES string of the molecule is CN(CCO)CNC(=O)C1=C(O)C2(O)C(=O)C3=C(O)c4c(O)cccc4C(C)(O)C3CC2C(N(C)C)C1=O. The first-order chi connectivity index (χ1) is 17.7. The number of phenolic OH excluding ortho intramolecular Hbond substituents is 1. The van der Waals surface area contributed by atoms with Gasteiger partial charge in [0.25, 0.3) is 5.91 Å². The van der Waals surface area contributed by atoms with Crippen LogP contribution in [0.5, 0.6) is 5.75 Å². The number of Topliss-reactive ketones (excluding diaryl/α,β-unsaturated/α-hetero) is 2. The number of benzene rings is 1. The highest BCUT2D eigenvalue weighted by Gasteiger charge is 2.66. The molecule has 7 N–H and O–H groups in total. The number of aromatic hydroxyl groups is 1. The van der Waals surface area contributed by atoms with Crippen LogP contribution in [0.1, 0.15) is 24.5 Å². The van der Waals surface area contributed by atoms with E-state index in [2.05, 4.69) is 5.32 Å². The van der Waals surface area contributed by atoms with Crippen LogP contribution in [0, 0.1) is 11.8 Å². The number of likely N-dealkylation sites (N-methyl/N-ethyl adjacent to an activating group) is 2. The van der Waals surface area contributed by atoms with E-state index in [0.717, 1.165) is 0 Å². The number of nitrogens with one attached hydrogen (secondary N) is 1. The monoisotopic (exact) mass is 531 g/mol. The third-order valence-corrected chi connectivity index (χ3v) is 7.99. The summed E-state index contributed by atoms with van der Waals surface area (Å²) >= 11 is 0. The molecule has 1 fully saturated rings. The van der Waals surface area contributed by atoms with E-state index in [4.69, 9.17) is 5.11 Å². The van der Waals surface area contributed by atoms with Crippen molar-refractivity contribution in [2.45, 2.75) is 30.6 Å². The Bertz CT molecular complexity index is 1270. The van der Waals surface area contributed by atoms with Crippen molar-refractivity contribution in [1.29, 1.82) is 0 Å². The Balaban J connectivity index is 1.90. The number of fused-ring (bicyclic) bond motifs is 3. The minimum absolute atomic E-state index is 0.0984. The third kappa shape index (κ3) is 3.83. The standard InChI is InChI=1S/C26H33N3O9/c1-25(37)12-6-5-7-15(31)16(12)20(32)17-13(25)10-14-19(28(2)3)21(33)18(23(35)26(14,38)22(17)34)24(36)27-11-29(4)8-9-30/h5-7,13-14,19,30-32,35,37-38H,8-11H2,1-4H3,(H,27,36). The Kier molecular flexibility index (Phi) is 6.91. The highest BCUT2D eigenvalue weighted by molar-refractivity contribution is 6.25. The van der Waals surface area contributed by atoms with Gasteiger partial charge in [0.05, 0.1) is 30.5 Å². The lowest BCUT2D eigenvalue weighted by Crippen LogP contribution is -2.67. The first-order valence-corrected chi connectivity index (χ1v) is 12.2. The van der Waals surface area contributed by atoms with Crippen molar-refractivity contribution in [3.05, 3.63) is 46.2 Å². The van der Waals surface area contributed by atoms with Crippen molar-refractivity contribution in [2.24, 2.45) is 11.8 Å². The molecule has 1 amide bonds. The minimum atomic E-state index is -2.77. The lowest BCUT2D eigenvalue weighted by atomic mass is 9.54. The summed E-state index contributed by atoms with van der Waals surface area (Å²) in [5.41, 5.74) is -5.78. The van der Waals surface area contributed by atoms with Gasteiger partial charge in [-0.25, -0.2) is 0 Å². The van der Waals surface area contributed by atoms with E-state index in [-0.39, 0.29) is 37.4 Å². The predicted molar refractivity (Wildman–Crippen MR) is 134 cm³/mol. The Morgan fingerprint density at radius 1 is 1.13 bits per heavy atom. The molecule has 1 aromatic rings. The normalized spacial score (nSPS) is 30.9. The lowest BCUT2D eigenvalue weighted by molar-refractivity contribution is -0.159. The number of carbonyl (C=O) groups is 3. The molecule has 0 aromatic heterocycles. The molecule has 0 saturated heterocycles. The summed E-state index contributed by atoms with van der Waals surface area (Å²) in [7, 11) is 4.65. The molecule has 206 valence electrons. The molecule has 38 heavy (non-hydrogen) atoms. The summed E-state index contributed by atoms with van der Waals surface area (Å²) in [5, 5.41) is 67.7. The summed E-state index contributed by atoms with van der Waals surface area (Å²) in [4.78, 5) is 43.6. The fourth-order valence-corrected chi connectivity index (χ4v) is 6.03. The van der Waals surface area contributed by atoms with Crippen LogP contribution >= 0.6 is 0 Å². The summed E-state index contributed by atoms with van der Waals surface area (Å²) < 4.78 is 0. The molecular weight excluding hydrogens is 498 g/mol. The van der Waals surface area contributed by atoms with Gasteiger partial charge in [-0.2, -0.15) is 0 Å². The fourth-order valence-electron chi connectivity index (χ4n) is 6.03. The van der Waals surface area contributed by atoms with Crippen LogP contribution in [-0.4, -0.2) is 111 Å². The molecule has 0 aliphatic heterocycles. The molecule has 0 radical (unpaired) electrons. The highest BCUT2D eigenvalue weighted by atomic mass is 16.3. The maximum atomic E-state index is 14.0. The zero-order valence-electron chi connectivity index (χ0n) is 21.6. The van der Waals surface area contributed by atoms with Crippen molar-refractivity contribution < 1.29 is 45.0 Å². The zero-order chi connectivity index (χ0) is 28.3. The number of rotatable bonds is 6. The largest absolute Gasteiger partial charge is 0.508 e. The summed E-state index contributed by atoms with van der Waals surface area (Å²) in [5.74, 6) is -7.59.